The molecule has 148 valence electrons. The molecule has 2 atom stereocenters. The van der Waals surface area contributed by atoms with Gasteiger partial charge in [0.25, 0.3) is 0 Å². The summed E-state index contributed by atoms with van der Waals surface area (Å²) < 4.78 is 29.6. The van der Waals surface area contributed by atoms with Crippen molar-refractivity contribution in [3.63, 3.8) is 0 Å². The topological polar surface area (TPSA) is 124 Å². The van der Waals surface area contributed by atoms with E-state index in [2.05, 4.69) is 5.09 Å². The third-order valence-electron chi connectivity index (χ3n) is 3.38. The minimum Gasteiger partial charge on any atom is -0.462 e. The number of ether oxygens (including phenoxy) is 1. The molecule has 2 aromatic rings. The van der Waals surface area contributed by atoms with Crippen LogP contribution in [0.3, 0.4) is 0 Å². The van der Waals surface area contributed by atoms with E-state index in [9.17, 15) is 9.36 Å². The maximum absolute atomic E-state index is 13.4. The minimum atomic E-state index is -4.08. The Balaban J connectivity index is 2.29. The normalized spacial score (nSPS) is 13.8. The molecular formula is C19H22N3O5P. The van der Waals surface area contributed by atoms with Crippen LogP contribution in [0.1, 0.15) is 26.3 Å². The summed E-state index contributed by atoms with van der Waals surface area (Å²) in [5.41, 5.74) is 6.31. The molecule has 2 aromatic carbocycles. The second kappa shape index (κ2) is 9.27. The maximum Gasteiger partial charge on any atom is 0.513 e. The average molecular weight is 403 g/mol. The van der Waals surface area contributed by atoms with Crippen LogP contribution in [-0.4, -0.2) is 18.1 Å². The van der Waals surface area contributed by atoms with E-state index in [1.807, 2.05) is 6.07 Å². The van der Waals surface area contributed by atoms with Gasteiger partial charge >= 0.3 is 13.7 Å². The molecule has 2 rings (SSSR count). The van der Waals surface area contributed by atoms with E-state index < -0.39 is 19.8 Å². The number of rotatable bonds is 8. The lowest BCUT2D eigenvalue weighted by atomic mass is 10.2. The van der Waals surface area contributed by atoms with Crippen molar-refractivity contribution in [2.24, 2.45) is 0 Å². The number of hydrogen-bond donors (Lipinski definition) is 2. The highest BCUT2D eigenvalue weighted by atomic mass is 31.2. The van der Waals surface area contributed by atoms with E-state index in [0.717, 1.165) is 0 Å². The number of esters is 1. The number of nitrogen functional groups attached to an aromatic ring is 1. The number of para-hydroxylation sites is 1. The van der Waals surface area contributed by atoms with Crippen LogP contribution in [0, 0.1) is 11.3 Å². The maximum atomic E-state index is 13.4. The van der Waals surface area contributed by atoms with E-state index in [-0.39, 0.29) is 23.3 Å². The summed E-state index contributed by atoms with van der Waals surface area (Å²) in [5.74, 6) is -0.284. The van der Waals surface area contributed by atoms with Crippen molar-refractivity contribution < 1.29 is 23.1 Å². The van der Waals surface area contributed by atoms with Gasteiger partial charge in [0.2, 0.25) is 0 Å². The lowest BCUT2D eigenvalue weighted by molar-refractivity contribution is -0.149. The van der Waals surface area contributed by atoms with E-state index in [1.165, 1.54) is 25.1 Å². The fourth-order valence-corrected chi connectivity index (χ4v) is 3.69. The number of nitrogens with zero attached hydrogens (tertiary/aromatic N) is 1. The molecule has 0 radical (unpaired) electrons. The number of benzene rings is 2. The molecule has 9 heteroatoms. The fourth-order valence-electron chi connectivity index (χ4n) is 2.15. The zero-order valence-corrected chi connectivity index (χ0v) is 16.7. The number of nitrogens with one attached hydrogen (secondary N) is 1. The van der Waals surface area contributed by atoms with Crippen LogP contribution in [-0.2, 0) is 14.1 Å². The summed E-state index contributed by atoms with van der Waals surface area (Å²) >= 11 is 0. The Hall–Kier alpha value is -3.01. The zero-order valence-electron chi connectivity index (χ0n) is 15.8. The molecule has 0 aliphatic carbocycles. The molecule has 8 nitrogen and oxygen atoms in total. The van der Waals surface area contributed by atoms with Gasteiger partial charge in [0.15, 0.2) is 5.75 Å². The van der Waals surface area contributed by atoms with Gasteiger partial charge in [-0.2, -0.15) is 10.3 Å². The van der Waals surface area contributed by atoms with Gasteiger partial charge in [-0.05, 0) is 51.1 Å². The highest BCUT2D eigenvalue weighted by molar-refractivity contribution is 7.52. The van der Waals surface area contributed by atoms with Gasteiger partial charge in [-0.3, -0.25) is 4.79 Å². The van der Waals surface area contributed by atoms with Gasteiger partial charge in [0.05, 0.1) is 23.4 Å². The highest BCUT2D eigenvalue weighted by Crippen LogP contribution is 2.46. The van der Waals surface area contributed by atoms with E-state index >= 15 is 0 Å². The van der Waals surface area contributed by atoms with Crippen molar-refractivity contribution in [2.75, 3.05) is 5.73 Å². The Morgan fingerprint density at radius 1 is 1.14 bits per heavy atom. The van der Waals surface area contributed by atoms with Crippen molar-refractivity contribution in [1.82, 2.24) is 5.09 Å². The van der Waals surface area contributed by atoms with Crippen LogP contribution in [0.2, 0.25) is 0 Å². The molecule has 0 saturated heterocycles. The van der Waals surface area contributed by atoms with Gasteiger partial charge in [0.1, 0.15) is 11.8 Å². The monoisotopic (exact) mass is 403 g/mol. The van der Waals surface area contributed by atoms with Crippen molar-refractivity contribution >= 4 is 19.4 Å². The summed E-state index contributed by atoms with van der Waals surface area (Å²) in [6.07, 6.45) is -0.332. The molecule has 0 heterocycles. The summed E-state index contributed by atoms with van der Waals surface area (Å²) in [6, 6.07) is 13.6. The molecule has 0 aliphatic heterocycles. The van der Waals surface area contributed by atoms with Crippen LogP contribution >= 0.6 is 7.75 Å². The molecule has 0 aliphatic rings. The lowest BCUT2D eigenvalue weighted by Gasteiger charge is -2.24. The Morgan fingerprint density at radius 2 is 1.82 bits per heavy atom. The number of carbonyl (C=O) groups excluding carboxylic acids is 1. The quantitative estimate of drug-likeness (QED) is 0.389. The van der Waals surface area contributed by atoms with Crippen LogP contribution in [0.5, 0.6) is 11.5 Å². The number of hydrogen-bond acceptors (Lipinski definition) is 7. The molecule has 0 bridgehead atoms. The van der Waals surface area contributed by atoms with E-state index in [1.54, 1.807) is 44.2 Å². The molecule has 0 fully saturated rings. The number of anilines is 1. The first-order chi connectivity index (χ1) is 13.2. The Labute approximate surface area is 163 Å². The summed E-state index contributed by atoms with van der Waals surface area (Å²) in [6.45, 7) is 4.90. The predicted molar refractivity (Wildman–Crippen MR) is 105 cm³/mol. The fraction of sp³-hybridized carbons (Fsp3) is 0.263. The second-order valence-corrected chi connectivity index (χ2v) is 7.81. The van der Waals surface area contributed by atoms with Crippen LogP contribution in [0.25, 0.3) is 0 Å². The first kappa shape index (κ1) is 21.3. The van der Waals surface area contributed by atoms with Crippen molar-refractivity contribution in [3.8, 4) is 17.6 Å². The minimum absolute atomic E-state index is 0.0511. The van der Waals surface area contributed by atoms with E-state index in [0.29, 0.717) is 5.56 Å². The number of nitrogens with two attached hydrogens (primary N) is 1. The Bertz CT molecular complexity index is 912. The van der Waals surface area contributed by atoms with Crippen molar-refractivity contribution in [3.05, 3.63) is 54.1 Å². The van der Waals surface area contributed by atoms with Crippen molar-refractivity contribution in [1.29, 1.82) is 5.26 Å². The van der Waals surface area contributed by atoms with Crippen LogP contribution in [0.15, 0.2) is 48.5 Å². The summed E-state index contributed by atoms with van der Waals surface area (Å²) in [5, 5.41) is 11.5. The molecule has 3 N–H and O–H groups in total. The molecule has 0 spiro atoms. The SMILES string of the molecule is CC(C)OC(=O)[C@H](C)NP(=O)(Oc1ccccc1)Oc1ccc(C#N)cc1N. The average Bonchev–Trinajstić information content (AvgIpc) is 2.63. The smallest absolute Gasteiger partial charge is 0.462 e. The molecule has 0 amide bonds. The number of nitriles is 1. The van der Waals surface area contributed by atoms with E-state index in [4.69, 9.17) is 24.8 Å². The van der Waals surface area contributed by atoms with Gasteiger partial charge in [0, 0.05) is 0 Å². The van der Waals surface area contributed by atoms with Gasteiger partial charge < -0.3 is 19.5 Å². The third-order valence-corrected chi connectivity index (χ3v) is 4.98. The molecule has 0 saturated carbocycles. The Morgan fingerprint density at radius 3 is 2.39 bits per heavy atom. The van der Waals surface area contributed by atoms with Crippen LogP contribution in [0.4, 0.5) is 5.69 Å². The third kappa shape index (κ3) is 6.02. The first-order valence-corrected chi connectivity index (χ1v) is 10.1. The number of carbonyl (C=O) groups is 1. The predicted octanol–water partition coefficient (Wildman–Crippen LogP) is 3.64. The molecule has 28 heavy (non-hydrogen) atoms. The standard InChI is InChI=1S/C19H22N3O5P/c1-13(2)25-19(23)14(3)22-28(24,26-16-7-5-4-6-8-16)27-18-10-9-15(12-20)11-17(18)21/h4-11,13-14H,21H2,1-3H3,(H,22,24)/t14-,28?/m0/s1. The summed E-state index contributed by atoms with van der Waals surface area (Å²) in [7, 11) is -4.08. The van der Waals surface area contributed by atoms with Gasteiger partial charge in [-0.25, -0.2) is 4.57 Å². The zero-order chi connectivity index (χ0) is 20.7. The Kier molecular flexibility index (Phi) is 7.05. The van der Waals surface area contributed by atoms with Crippen molar-refractivity contribution in [2.45, 2.75) is 32.9 Å². The second-order valence-electron chi connectivity index (χ2n) is 6.19. The van der Waals surface area contributed by atoms with Crippen LogP contribution < -0.4 is 19.9 Å². The highest BCUT2D eigenvalue weighted by Gasteiger charge is 2.34. The summed E-state index contributed by atoms with van der Waals surface area (Å²) in [4.78, 5) is 12.1. The molecule has 1 unspecified atom stereocenters. The molecular weight excluding hydrogens is 381 g/mol. The first-order valence-electron chi connectivity index (χ1n) is 8.54. The largest absolute Gasteiger partial charge is 0.513 e. The van der Waals surface area contributed by atoms with Gasteiger partial charge in [-0.15, -0.1) is 0 Å². The molecule has 0 aromatic heterocycles. The lowest BCUT2D eigenvalue weighted by Crippen LogP contribution is -2.36. The van der Waals surface area contributed by atoms with Gasteiger partial charge in [-0.1, -0.05) is 18.2 Å².